The van der Waals surface area contributed by atoms with Crippen molar-refractivity contribution in [2.24, 2.45) is 0 Å². The van der Waals surface area contributed by atoms with Crippen LogP contribution in [0.25, 0.3) is 0 Å². The predicted molar refractivity (Wildman–Crippen MR) is 95.4 cm³/mol. The first kappa shape index (κ1) is 16.3. The summed E-state index contributed by atoms with van der Waals surface area (Å²) < 4.78 is 24.8. The molecule has 2 aliphatic carbocycles. The molecule has 6 heteroatoms. The van der Waals surface area contributed by atoms with E-state index in [1.54, 1.807) is 12.1 Å². The smallest absolute Gasteiger partial charge is 0.240 e. The summed E-state index contributed by atoms with van der Waals surface area (Å²) in [6.07, 6.45) is 7.58. The second-order valence-corrected chi connectivity index (χ2v) is 8.65. The van der Waals surface area contributed by atoms with E-state index in [2.05, 4.69) is 16.4 Å². The lowest BCUT2D eigenvalue weighted by Crippen LogP contribution is -2.24. The van der Waals surface area contributed by atoms with Gasteiger partial charge in [0, 0.05) is 11.9 Å². The van der Waals surface area contributed by atoms with E-state index < -0.39 is 21.5 Å². The van der Waals surface area contributed by atoms with Crippen LogP contribution in [0.5, 0.6) is 0 Å². The number of hydrogen-bond acceptors (Lipinski definition) is 4. The highest BCUT2D eigenvalue weighted by atomic mass is 32.2. The van der Waals surface area contributed by atoms with Gasteiger partial charge in [-0.2, -0.15) is 0 Å². The van der Waals surface area contributed by atoms with Gasteiger partial charge in [-0.3, -0.25) is 4.79 Å². The van der Waals surface area contributed by atoms with Crippen LogP contribution in [0.1, 0.15) is 35.1 Å². The van der Waals surface area contributed by atoms with Crippen LogP contribution in [0.15, 0.2) is 35.5 Å². The molecule has 1 aromatic heterocycles. The van der Waals surface area contributed by atoms with Gasteiger partial charge in [0.25, 0.3) is 0 Å². The Morgan fingerprint density at radius 1 is 1.04 bits per heavy atom. The minimum atomic E-state index is -3.73. The number of rotatable bonds is 4. The molecule has 0 spiro atoms. The summed E-state index contributed by atoms with van der Waals surface area (Å²) in [4.78, 5) is 16.3. The molecule has 130 valence electrons. The third-order valence-electron chi connectivity index (χ3n) is 5.01. The zero-order valence-electron chi connectivity index (χ0n) is 13.9. The van der Waals surface area contributed by atoms with E-state index in [9.17, 15) is 13.2 Å². The number of hydrogen-bond donors (Lipinski definition) is 1. The molecule has 0 radical (unpaired) electrons. The average molecular weight is 356 g/mol. The van der Waals surface area contributed by atoms with Crippen LogP contribution in [0.4, 0.5) is 5.69 Å². The second-order valence-electron chi connectivity index (χ2n) is 6.71. The van der Waals surface area contributed by atoms with Crippen LogP contribution in [-0.4, -0.2) is 25.1 Å². The number of carbonyl (C=O) groups is 1. The first-order chi connectivity index (χ1) is 12.0. The number of sulfone groups is 1. The number of pyridine rings is 1. The second kappa shape index (κ2) is 6.26. The minimum absolute atomic E-state index is 0.0614. The van der Waals surface area contributed by atoms with E-state index in [1.807, 2.05) is 0 Å². The largest absolute Gasteiger partial charge is 0.325 e. The van der Waals surface area contributed by atoms with Gasteiger partial charge in [0.05, 0.1) is 0 Å². The molecule has 0 bridgehead atoms. The molecular formula is C19H20N2O3S. The van der Waals surface area contributed by atoms with Crippen molar-refractivity contribution in [3.05, 3.63) is 52.7 Å². The first-order valence-corrected chi connectivity index (χ1v) is 10.3. The lowest BCUT2D eigenvalue weighted by atomic mass is 9.98. The number of nitrogens with one attached hydrogen (secondary N) is 1. The molecule has 0 fully saturated rings. The lowest BCUT2D eigenvalue weighted by molar-refractivity contribution is -0.113. The zero-order chi connectivity index (χ0) is 17.4. The molecule has 0 unspecified atom stereocenters. The summed E-state index contributed by atoms with van der Waals surface area (Å²) in [5.74, 6) is -1.07. The molecule has 25 heavy (non-hydrogen) atoms. The highest BCUT2D eigenvalue weighted by molar-refractivity contribution is 7.92. The van der Waals surface area contributed by atoms with Crippen molar-refractivity contribution < 1.29 is 13.2 Å². The first-order valence-electron chi connectivity index (χ1n) is 8.65. The number of aryl methyl sites for hydroxylation is 2. The molecule has 2 aromatic rings. The maximum absolute atomic E-state index is 12.5. The Bertz CT molecular complexity index is 905. The molecule has 2 aliphatic rings. The highest BCUT2D eigenvalue weighted by Crippen LogP contribution is 2.38. The number of aromatic nitrogens is 1. The molecule has 4 rings (SSSR count). The van der Waals surface area contributed by atoms with Gasteiger partial charge in [0.15, 0.2) is 5.03 Å². The topological polar surface area (TPSA) is 76.1 Å². The molecule has 1 heterocycles. The summed E-state index contributed by atoms with van der Waals surface area (Å²) in [7, 11) is -3.73. The molecular weight excluding hydrogens is 336 g/mol. The predicted octanol–water partition coefficient (Wildman–Crippen LogP) is 2.47. The standard InChI is InChI=1S/C19H20N2O3S/c22-17(12-25(23,24)18-9-1-2-10-20-18)21-19-15-7-3-5-13(15)11-14-6-4-8-16(14)19/h1-2,9-11H,3-8,12H2,(H,21,22). The highest BCUT2D eigenvalue weighted by Gasteiger charge is 2.27. The third-order valence-corrected chi connectivity index (χ3v) is 6.54. The van der Waals surface area contributed by atoms with Crippen LogP contribution in [0.2, 0.25) is 0 Å². The Labute approximate surface area is 147 Å². The van der Waals surface area contributed by atoms with Crippen LogP contribution in [0, 0.1) is 0 Å². The molecule has 1 N–H and O–H groups in total. The number of benzene rings is 1. The third kappa shape index (κ3) is 3.06. The number of fused-ring (bicyclic) bond motifs is 2. The minimum Gasteiger partial charge on any atom is -0.325 e. The van der Waals surface area contributed by atoms with Crippen LogP contribution in [0.3, 0.4) is 0 Å². The fourth-order valence-electron chi connectivity index (χ4n) is 3.92. The average Bonchev–Trinajstić information content (AvgIpc) is 3.24. The van der Waals surface area contributed by atoms with Crippen molar-refractivity contribution in [2.75, 3.05) is 11.1 Å². The van der Waals surface area contributed by atoms with Crippen molar-refractivity contribution in [1.82, 2.24) is 4.98 Å². The molecule has 0 saturated carbocycles. The monoisotopic (exact) mass is 356 g/mol. The van der Waals surface area contributed by atoms with E-state index in [4.69, 9.17) is 0 Å². The number of nitrogens with zero attached hydrogens (tertiary/aromatic N) is 1. The van der Waals surface area contributed by atoms with Gasteiger partial charge in [-0.1, -0.05) is 12.1 Å². The van der Waals surface area contributed by atoms with E-state index in [1.165, 1.54) is 34.5 Å². The molecule has 0 saturated heterocycles. The number of carbonyl (C=O) groups excluding carboxylic acids is 1. The van der Waals surface area contributed by atoms with Gasteiger partial charge >= 0.3 is 0 Å². The summed E-state index contributed by atoms with van der Waals surface area (Å²) in [5, 5.41) is 2.86. The quantitative estimate of drug-likeness (QED) is 0.913. The van der Waals surface area contributed by atoms with Crippen LogP contribution < -0.4 is 5.32 Å². The lowest BCUT2D eigenvalue weighted by Gasteiger charge is -2.16. The van der Waals surface area contributed by atoms with E-state index in [0.717, 1.165) is 44.2 Å². The Balaban J connectivity index is 1.60. The number of amides is 1. The van der Waals surface area contributed by atoms with Crippen LogP contribution >= 0.6 is 0 Å². The van der Waals surface area contributed by atoms with E-state index in [-0.39, 0.29) is 5.03 Å². The summed E-state index contributed by atoms with van der Waals surface area (Å²) in [5.41, 5.74) is 5.89. The molecule has 1 amide bonds. The fourth-order valence-corrected chi connectivity index (χ4v) is 4.99. The van der Waals surface area contributed by atoms with Gasteiger partial charge in [0.1, 0.15) is 5.75 Å². The van der Waals surface area contributed by atoms with Crippen LogP contribution in [-0.2, 0) is 40.3 Å². The van der Waals surface area contributed by atoms with Gasteiger partial charge in [-0.25, -0.2) is 13.4 Å². The summed E-state index contributed by atoms with van der Waals surface area (Å²) in [6.45, 7) is 0. The van der Waals surface area contributed by atoms with Gasteiger partial charge in [-0.15, -0.1) is 0 Å². The van der Waals surface area contributed by atoms with Crippen molar-refractivity contribution in [3.63, 3.8) is 0 Å². The van der Waals surface area contributed by atoms with Crippen molar-refractivity contribution in [2.45, 2.75) is 43.6 Å². The number of anilines is 1. The summed E-state index contributed by atoms with van der Waals surface area (Å²) in [6, 6.07) is 6.95. The maximum Gasteiger partial charge on any atom is 0.240 e. The van der Waals surface area contributed by atoms with E-state index >= 15 is 0 Å². The molecule has 5 nitrogen and oxygen atoms in total. The fraction of sp³-hybridized carbons (Fsp3) is 0.368. The van der Waals surface area contributed by atoms with Crippen molar-refractivity contribution in [1.29, 1.82) is 0 Å². The molecule has 1 aromatic carbocycles. The van der Waals surface area contributed by atoms with Gasteiger partial charge in [-0.05, 0) is 72.9 Å². The Morgan fingerprint density at radius 3 is 2.32 bits per heavy atom. The van der Waals surface area contributed by atoms with Gasteiger partial charge < -0.3 is 5.32 Å². The molecule has 0 atom stereocenters. The maximum atomic E-state index is 12.5. The normalized spacial score (nSPS) is 15.7. The van der Waals surface area contributed by atoms with Crippen molar-refractivity contribution in [3.8, 4) is 0 Å². The molecule has 0 aliphatic heterocycles. The Morgan fingerprint density at radius 2 is 1.72 bits per heavy atom. The van der Waals surface area contributed by atoms with E-state index in [0.29, 0.717) is 0 Å². The summed E-state index contributed by atoms with van der Waals surface area (Å²) >= 11 is 0. The Kier molecular flexibility index (Phi) is 4.07. The van der Waals surface area contributed by atoms with Crippen molar-refractivity contribution >= 4 is 21.4 Å². The van der Waals surface area contributed by atoms with Gasteiger partial charge in [0.2, 0.25) is 15.7 Å². The Hall–Kier alpha value is -2.21. The SMILES string of the molecule is O=C(CS(=O)(=O)c1ccccn1)Nc1c2c(cc3c1CCC3)CCC2. The zero-order valence-corrected chi connectivity index (χ0v) is 14.7.